The van der Waals surface area contributed by atoms with Gasteiger partial charge in [0, 0.05) is 6.42 Å². The minimum atomic E-state index is -0.457. The highest BCUT2D eigenvalue weighted by molar-refractivity contribution is 5.76. The smallest absolute Gasteiger partial charge is 0.220 e. The fraction of sp³-hybridized carbons (Fsp3) is 0.923. The summed E-state index contributed by atoms with van der Waals surface area (Å²) in [6.07, 6.45) is 6.31. The largest absolute Gasteiger partial charge is 0.391 e. The molecule has 0 saturated carbocycles. The van der Waals surface area contributed by atoms with Crippen LogP contribution in [0.15, 0.2) is 0 Å². The Morgan fingerprint density at radius 2 is 1.81 bits per heavy atom. The van der Waals surface area contributed by atoms with E-state index in [1.165, 1.54) is 0 Å². The average Bonchev–Trinajstić information content (AvgIpc) is 2.24. The molecule has 0 bridgehead atoms. The van der Waals surface area contributed by atoms with Crippen molar-refractivity contribution in [2.24, 2.45) is 0 Å². The molecule has 0 aromatic heterocycles. The number of amides is 1. The molecule has 0 aliphatic rings. The van der Waals surface area contributed by atoms with E-state index in [0.717, 1.165) is 38.5 Å². The number of aliphatic hydroxyl groups is 1. The molecule has 0 spiro atoms. The SMILES string of the molecule is CCCCCC(=O)N[C@@H](CCCC)C(C)O. The van der Waals surface area contributed by atoms with Gasteiger partial charge < -0.3 is 10.4 Å². The van der Waals surface area contributed by atoms with Gasteiger partial charge in [0.15, 0.2) is 0 Å². The minimum Gasteiger partial charge on any atom is -0.391 e. The first kappa shape index (κ1) is 15.4. The van der Waals surface area contributed by atoms with Gasteiger partial charge in [-0.25, -0.2) is 0 Å². The Bertz CT molecular complexity index is 181. The highest BCUT2D eigenvalue weighted by Gasteiger charge is 2.16. The Balaban J connectivity index is 3.83. The van der Waals surface area contributed by atoms with E-state index in [2.05, 4.69) is 19.2 Å². The van der Waals surface area contributed by atoms with E-state index in [9.17, 15) is 9.90 Å². The maximum Gasteiger partial charge on any atom is 0.220 e. The first-order chi connectivity index (χ1) is 7.61. The highest BCUT2D eigenvalue weighted by atomic mass is 16.3. The molecule has 1 amide bonds. The second-order valence-electron chi connectivity index (χ2n) is 4.51. The lowest BCUT2D eigenvalue weighted by atomic mass is 10.0. The Labute approximate surface area is 99.6 Å². The Hall–Kier alpha value is -0.570. The Morgan fingerprint density at radius 3 is 2.31 bits per heavy atom. The quantitative estimate of drug-likeness (QED) is 0.597. The number of hydrogen-bond acceptors (Lipinski definition) is 2. The summed E-state index contributed by atoms with van der Waals surface area (Å²) in [4.78, 5) is 11.6. The second-order valence-corrected chi connectivity index (χ2v) is 4.51. The molecule has 1 unspecified atom stereocenters. The number of unbranched alkanes of at least 4 members (excludes halogenated alkanes) is 3. The third-order valence-corrected chi connectivity index (χ3v) is 2.80. The molecule has 0 aromatic carbocycles. The van der Waals surface area contributed by atoms with Crippen molar-refractivity contribution >= 4 is 5.91 Å². The first-order valence-corrected chi connectivity index (χ1v) is 6.59. The van der Waals surface area contributed by atoms with Crippen LogP contribution < -0.4 is 5.32 Å². The summed E-state index contributed by atoms with van der Waals surface area (Å²) in [6.45, 7) is 5.98. The van der Waals surface area contributed by atoms with Crippen molar-refractivity contribution in [1.29, 1.82) is 0 Å². The van der Waals surface area contributed by atoms with Crippen LogP contribution in [0, 0.1) is 0 Å². The molecule has 0 aliphatic carbocycles. The lowest BCUT2D eigenvalue weighted by molar-refractivity contribution is -0.122. The minimum absolute atomic E-state index is 0.0749. The molecule has 0 fully saturated rings. The van der Waals surface area contributed by atoms with Crippen LogP contribution in [0.5, 0.6) is 0 Å². The van der Waals surface area contributed by atoms with Crippen LogP contribution in [0.25, 0.3) is 0 Å². The van der Waals surface area contributed by atoms with Crippen LogP contribution in [0.1, 0.15) is 65.7 Å². The number of nitrogens with one attached hydrogen (secondary N) is 1. The van der Waals surface area contributed by atoms with Gasteiger partial charge >= 0.3 is 0 Å². The average molecular weight is 229 g/mol. The highest BCUT2D eigenvalue weighted by Crippen LogP contribution is 2.06. The number of hydrogen-bond donors (Lipinski definition) is 2. The summed E-state index contributed by atoms with van der Waals surface area (Å²) in [5, 5.41) is 12.5. The summed E-state index contributed by atoms with van der Waals surface area (Å²) in [5.41, 5.74) is 0. The van der Waals surface area contributed by atoms with E-state index in [-0.39, 0.29) is 11.9 Å². The van der Waals surface area contributed by atoms with Crippen LogP contribution in [-0.2, 0) is 4.79 Å². The zero-order valence-corrected chi connectivity index (χ0v) is 11.0. The molecule has 2 atom stereocenters. The number of aliphatic hydroxyl groups excluding tert-OH is 1. The van der Waals surface area contributed by atoms with Crippen molar-refractivity contribution in [2.45, 2.75) is 77.9 Å². The van der Waals surface area contributed by atoms with Gasteiger partial charge in [0.05, 0.1) is 12.1 Å². The molecule has 16 heavy (non-hydrogen) atoms. The first-order valence-electron chi connectivity index (χ1n) is 6.59. The van der Waals surface area contributed by atoms with Crippen LogP contribution in [0.3, 0.4) is 0 Å². The van der Waals surface area contributed by atoms with Crippen molar-refractivity contribution < 1.29 is 9.90 Å². The molecule has 2 N–H and O–H groups in total. The monoisotopic (exact) mass is 229 g/mol. The van der Waals surface area contributed by atoms with Gasteiger partial charge in [-0.1, -0.05) is 39.5 Å². The van der Waals surface area contributed by atoms with E-state index in [1.54, 1.807) is 6.92 Å². The van der Waals surface area contributed by atoms with Crippen molar-refractivity contribution in [1.82, 2.24) is 5.32 Å². The number of carbonyl (C=O) groups is 1. The molecular formula is C13H27NO2. The molecule has 0 saturated heterocycles. The van der Waals surface area contributed by atoms with Gasteiger partial charge in [-0.15, -0.1) is 0 Å². The van der Waals surface area contributed by atoms with Crippen molar-refractivity contribution in [3.05, 3.63) is 0 Å². The molecular weight excluding hydrogens is 202 g/mol. The molecule has 0 aromatic rings. The third-order valence-electron chi connectivity index (χ3n) is 2.80. The van der Waals surface area contributed by atoms with Gasteiger partial charge in [-0.2, -0.15) is 0 Å². The molecule has 0 radical (unpaired) electrons. The summed E-state index contributed by atoms with van der Waals surface area (Å²) in [6, 6.07) is -0.0749. The molecule has 0 aliphatic heterocycles. The maximum atomic E-state index is 11.6. The van der Waals surface area contributed by atoms with Crippen molar-refractivity contribution in [3.8, 4) is 0 Å². The van der Waals surface area contributed by atoms with Crippen LogP contribution >= 0.6 is 0 Å². The maximum absolute atomic E-state index is 11.6. The fourth-order valence-electron chi connectivity index (χ4n) is 1.67. The lowest BCUT2D eigenvalue weighted by Gasteiger charge is -2.21. The van der Waals surface area contributed by atoms with E-state index < -0.39 is 6.10 Å². The molecule has 96 valence electrons. The zero-order chi connectivity index (χ0) is 12.4. The van der Waals surface area contributed by atoms with E-state index >= 15 is 0 Å². The zero-order valence-electron chi connectivity index (χ0n) is 11.0. The van der Waals surface area contributed by atoms with Crippen molar-refractivity contribution in [3.63, 3.8) is 0 Å². The normalized spacial score (nSPS) is 14.5. The van der Waals surface area contributed by atoms with Crippen molar-refractivity contribution in [2.75, 3.05) is 0 Å². The molecule has 0 heterocycles. The predicted octanol–water partition coefficient (Wildman–Crippen LogP) is 2.62. The summed E-state index contributed by atoms with van der Waals surface area (Å²) in [7, 11) is 0. The lowest BCUT2D eigenvalue weighted by Crippen LogP contribution is -2.41. The standard InChI is InChI=1S/C13H27NO2/c1-4-6-8-10-13(16)14-12(11(3)15)9-7-5-2/h11-12,15H,4-10H2,1-3H3,(H,14,16)/t11?,12-/m0/s1. The molecule has 3 heteroatoms. The van der Waals surface area contributed by atoms with E-state index in [4.69, 9.17) is 0 Å². The second kappa shape index (κ2) is 9.64. The Kier molecular flexibility index (Phi) is 9.30. The van der Waals surface area contributed by atoms with E-state index in [0.29, 0.717) is 6.42 Å². The number of carbonyl (C=O) groups excluding carboxylic acids is 1. The fourth-order valence-corrected chi connectivity index (χ4v) is 1.67. The van der Waals surface area contributed by atoms with Gasteiger partial charge in [-0.05, 0) is 19.8 Å². The van der Waals surface area contributed by atoms with Gasteiger partial charge in [0.25, 0.3) is 0 Å². The van der Waals surface area contributed by atoms with Crippen LogP contribution in [0.2, 0.25) is 0 Å². The number of rotatable bonds is 9. The third kappa shape index (κ3) is 7.69. The van der Waals surface area contributed by atoms with Crippen LogP contribution in [0.4, 0.5) is 0 Å². The van der Waals surface area contributed by atoms with E-state index in [1.807, 2.05) is 0 Å². The van der Waals surface area contributed by atoms with Gasteiger partial charge in [0.2, 0.25) is 5.91 Å². The molecule has 3 nitrogen and oxygen atoms in total. The van der Waals surface area contributed by atoms with Crippen LogP contribution in [-0.4, -0.2) is 23.2 Å². The summed E-state index contributed by atoms with van der Waals surface area (Å²) >= 11 is 0. The predicted molar refractivity (Wildman–Crippen MR) is 67.3 cm³/mol. The summed E-state index contributed by atoms with van der Waals surface area (Å²) < 4.78 is 0. The van der Waals surface area contributed by atoms with Gasteiger partial charge in [-0.3, -0.25) is 4.79 Å². The molecule has 0 rings (SSSR count). The summed E-state index contributed by atoms with van der Waals surface area (Å²) in [5.74, 6) is 0.0791. The topological polar surface area (TPSA) is 49.3 Å². The van der Waals surface area contributed by atoms with Gasteiger partial charge in [0.1, 0.15) is 0 Å². The Morgan fingerprint density at radius 1 is 1.19 bits per heavy atom.